The summed E-state index contributed by atoms with van der Waals surface area (Å²) in [5.41, 5.74) is 1.39. The van der Waals surface area contributed by atoms with Gasteiger partial charge in [-0.2, -0.15) is 5.26 Å². The van der Waals surface area contributed by atoms with Crippen LogP contribution < -0.4 is 4.74 Å². The molecule has 2 rings (SSSR count). The molecule has 0 unspecified atom stereocenters. The number of esters is 1. The van der Waals surface area contributed by atoms with Crippen LogP contribution in [-0.2, 0) is 16.1 Å². The fraction of sp³-hybridized carbons (Fsp3) is 0.200. The molecule has 0 N–H and O–H groups in total. The Morgan fingerprint density at radius 3 is 2.56 bits per heavy atom. The second kappa shape index (κ2) is 8.91. The summed E-state index contributed by atoms with van der Waals surface area (Å²) in [6, 6.07) is 16.4. The zero-order chi connectivity index (χ0) is 18.2. The van der Waals surface area contributed by atoms with Crippen molar-refractivity contribution in [2.75, 3.05) is 0 Å². The smallest absolute Gasteiger partial charge is 0.349 e. The fourth-order valence-electron chi connectivity index (χ4n) is 2.07. The van der Waals surface area contributed by atoms with E-state index >= 15 is 0 Å². The van der Waals surface area contributed by atoms with Crippen molar-refractivity contribution in [3.05, 3.63) is 70.3 Å². The molecule has 0 aliphatic heterocycles. The molecule has 0 saturated carbocycles. The number of nitrogens with zero attached hydrogens (tertiary/aromatic N) is 1. The van der Waals surface area contributed by atoms with Crippen molar-refractivity contribution in [1.29, 1.82) is 5.26 Å². The molecule has 25 heavy (non-hydrogen) atoms. The number of benzene rings is 2. The van der Waals surface area contributed by atoms with Crippen molar-refractivity contribution < 1.29 is 14.3 Å². The van der Waals surface area contributed by atoms with E-state index in [4.69, 9.17) is 21.1 Å². The lowest BCUT2D eigenvalue weighted by Crippen LogP contribution is -2.12. The van der Waals surface area contributed by atoms with Crippen molar-refractivity contribution in [2.24, 2.45) is 0 Å². The number of nitriles is 1. The number of carbonyl (C=O) groups excluding carboxylic acids is 1. The van der Waals surface area contributed by atoms with Crippen LogP contribution in [0.5, 0.6) is 5.75 Å². The minimum absolute atomic E-state index is 0.0810. The molecule has 0 fully saturated rings. The van der Waals surface area contributed by atoms with Gasteiger partial charge in [0.2, 0.25) is 0 Å². The number of hydrogen-bond donors (Lipinski definition) is 0. The quantitative estimate of drug-likeness (QED) is 0.425. The van der Waals surface area contributed by atoms with Crippen LogP contribution in [0.15, 0.2) is 54.1 Å². The van der Waals surface area contributed by atoms with Crippen molar-refractivity contribution in [3.63, 3.8) is 0 Å². The largest absolute Gasteiger partial charge is 0.488 e. The highest BCUT2D eigenvalue weighted by Crippen LogP contribution is 2.24. The van der Waals surface area contributed by atoms with Gasteiger partial charge in [0.05, 0.1) is 6.10 Å². The van der Waals surface area contributed by atoms with Crippen molar-refractivity contribution >= 4 is 23.6 Å². The Kier molecular flexibility index (Phi) is 6.62. The Morgan fingerprint density at radius 1 is 1.20 bits per heavy atom. The summed E-state index contributed by atoms with van der Waals surface area (Å²) in [5, 5.41) is 9.85. The summed E-state index contributed by atoms with van der Waals surface area (Å²) in [6.07, 6.45) is 1.17. The first-order valence-electron chi connectivity index (χ1n) is 7.79. The van der Waals surface area contributed by atoms with Crippen molar-refractivity contribution in [1.82, 2.24) is 0 Å². The summed E-state index contributed by atoms with van der Waals surface area (Å²) in [4.78, 5) is 12.0. The lowest BCUT2D eigenvalue weighted by atomic mass is 10.1. The molecule has 5 heteroatoms. The Hall–Kier alpha value is -2.77. The van der Waals surface area contributed by atoms with Crippen molar-refractivity contribution in [2.45, 2.75) is 26.6 Å². The zero-order valence-electron chi connectivity index (χ0n) is 14.0. The fourth-order valence-corrected chi connectivity index (χ4v) is 2.26. The highest BCUT2D eigenvalue weighted by Gasteiger charge is 2.14. The number of para-hydroxylation sites is 1. The maximum atomic E-state index is 12.0. The summed E-state index contributed by atoms with van der Waals surface area (Å²) >= 11 is 6.13. The van der Waals surface area contributed by atoms with E-state index in [0.717, 1.165) is 5.56 Å². The molecule has 0 bridgehead atoms. The van der Waals surface area contributed by atoms with Gasteiger partial charge in [0.25, 0.3) is 0 Å². The van der Waals surface area contributed by atoms with Gasteiger partial charge in [-0.1, -0.05) is 48.0 Å². The molecule has 4 nitrogen and oxygen atoms in total. The number of halogens is 1. The molecule has 0 amide bonds. The second-order valence-electron chi connectivity index (χ2n) is 5.54. The SMILES string of the molecule is CC(C)OC(=O)/C(C#N)=C\c1ccccc1OCc1ccccc1Cl. The summed E-state index contributed by atoms with van der Waals surface area (Å²) in [7, 11) is 0. The van der Waals surface area contributed by atoms with Crippen molar-refractivity contribution in [3.8, 4) is 11.8 Å². The van der Waals surface area contributed by atoms with Gasteiger partial charge in [0, 0.05) is 16.1 Å². The van der Waals surface area contributed by atoms with Crippen LogP contribution in [0.25, 0.3) is 6.08 Å². The molecule has 0 saturated heterocycles. The highest BCUT2D eigenvalue weighted by atomic mass is 35.5. The second-order valence-corrected chi connectivity index (χ2v) is 5.95. The maximum Gasteiger partial charge on any atom is 0.349 e. The van der Waals surface area contributed by atoms with Gasteiger partial charge >= 0.3 is 5.97 Å². The predicted octanol–water partition coefficient (Wildman–Crippen LogP) is 4.78. The third kappa shape index (κ3) is 5.37. The van der Waals surface area contributed by atoms with E-state index < -0.39 is 5.97 Å². The van der Waals surface area contributed by atoms with Crippen LogP contribution in [0, 0.1) is 11.3 Å². The topological polar surface area (TPSA) is 59.3 Å². The zero-order valence-corrected chi connectivity index (χ0v) is 14.8. The molecule has 2 aromatic carbocycles. The first-order chi connectivity index (χ1) is 12.0. The Balaban J connectivity index is 2.22. The molecule has 2 aromatic rings. The van der Waals surface area contributed by atoms with Gasteiger partial charge in [-0.3, -0.25) is 0 Å². The molecule has 0 aliphatic carbocycles. The molecule has 128 valence electrons. The van der Waals surface area contributed by atoms with E-state index in [1.807, 2.05) is 30.3 Å². The number of carbonyl (C=O) groups is 1. The van der Waals surface area contributed by atoms with Gasteiger partial charge in [0.15, 0.2) is 0 Å². The van der Waals surface area contributed by atoms with Crippen LogP contribution in [0.2, 0.25) is 5.02 Å². The monoisotopic (exact) mass is 355 g/mol. The van der Waals surface area contributed by atoms with Crippen LogP contribution in [0.4, 0.5) is 0 Å². The number of ether oxygens (including phenoxy) is 2. The predicted molar refractivity (Wildman–Crippen MR) is 97.0 cm³/mol. The first kappa shape index (κ1) is 18.6. The average Bonchev–Trinajstić information content (AvgIpc) is 2.59. The van der Waals surface area contributed by atoms with E-state index in [1.54, 1.807) is 38.1 Å². The van der Waals surface area contributed by atoms with Gasteiger partial charge in [-0.15, -0.1) is 0 Å². The van der Waals surface area contributed by atoms with E-state index in [1.165, 1.54) is 6.08 Å². The Morgan fingerprint density at radius 2 is 1.88 bits per heavy atom. The normalized spacial score (nSPS) is 11.1. The molecule has 0 heterocycles. The van der Waals surface area contributed by atoms with Crippen LogP contribution in [0.3, 0.4) is 0 Å². The third-order valence-corrected chi connectivity index (χ3v) is 3.61. The van der Waals surface area contributed by atoms with E-state index in [0.29, 0.717) is 16.3 Å². The lowest BCUT2D eigenvalue weighted by molar-refractivity contribution is -0.142. The Bertz CT molecular complexity index is 822. The molecule has 0 radical (unpaired) electrons. The molecule has 0 aromatic heterocycles. The molecular formula is C20H18ClNO3. The molecule has 0 atom stereocenters. The summed E-state index contributed by atoms with van der Waals surface area (Å²) in [5.74, 6) is -0.106. The summed E-state index contributed by atoms with van der Waals surface area (Å²) in [6.45, 7) is 3.74. The average molecular weight is 356 g/mol. The minimum atomic E-state index is -0.654. The first-order valence-corrected chi connectivity index (χ1v) is 8.17. The minimum Gasteiger partial charge on any atom is -0.488 e. The number of hydrogen-bond acceptors (Lipinski definition) is 4. The Labute approximate surface area is 152 Å². The van der Waals surface area contributed by atoms with Gasteiger partial charge in [-0.05, 0) is 32.1 Å². The van der Waals surface area contributed by atoms with Crippen LogP contribution in [0.1, 0.15) is 25.0 Å². The maximum absolute atomic E-state index is 12.0. The van der Waals surface area contributed by atoms with E-state index in [2.05, 4.69) is 0 Å². The number of rotatable bonds is 6. The van der Waals surface area contributed by atoms with Gasteiger partial charge in [-0.25, -0.2) is 4.79 Å². The van der Waals surface area contributed by atoms with E-state index in [9.17, 15) is 10.1 Å². The van der Waals surface area contributed by atoms with Crippen LogP contribution in [-0.4, -0.2) is 12.1 Å². The van der Waals surface area contributed by atoms with E-state index in [-0.39, 0.29) is 18.3 Å². The molecule has 0 aliphatic rings. The van der Waals surface area contributed by atoms with Gasteiger partial charge in [0.1, 0.15) is 24.0 Å². The highest BCUT2D eigenvalue weighted by molar-refractivity contribution is 6.31. The third-order valence-electron chi connectivity index (χ3n) is 3.24. The summed E-state index contributed by atoms with van der Waals surface area (Å²) < 4.78 is 10.9. The van der Waals surface area contributed by atoms with Gasteiger partial charge < -0.3 is 9.47 Å². The molecular weight excluding hydrogens is 338 g/mol. The molecule has 0 spiro atoms. The van der Waals surface area contributed by atoms with Crippen LogP contribution >= 0.6 is 11.6 Å². The lowest BCUT2D eigenvalue weighted by Gasteiger charge is -2.11. The standard InChI is InChI=1S/C20H18ClNO3/c1-14(2)25-20(23)17(12-22)11-15-7-4-6-10-19(15)24-13-16-8-3-5-9-18(16)21/h3-11,14H,13H2,1-2H3/b17-11-.